The van der Waals surface area contributed by atoms with Crippen LogP contribution in [0.15, 0.2) is 0 Å². The van der Waals surface area contributed by atoms with E-state index in [0.29, 0.717) is 0 Å². The van der Waals surface area contributed by atoms with Gasteiger partial charge in [-0.05, 0) is 0 Å². The van der Waals surface area contributed by atoms with Crippen LogP contribution in [0.5, 0.6) is 0 Å². The van der Waals surface area contributed by atoms with Gasteiger partial charge in [-0.1, -0.05) is 5.92 Å². The third-order valence-electron chi connectivity index (χ3n) is 2.34. The van der Waals surface area contributed by atoms with Gasteiger partial charge < -0.3 is 29.5 Å². The SMILES string of the molecule is C#CCO[C@@H]1O[C@@H](C(O)C(=O)OC)[C@H](O)[C@H]1O. The number of rotatable bonds is 4. The van der Waals surface area contributed by atoms with Crippen LogP contribution in [0.25, 0.3) is 0 Å². The monoisotopic (exact) mass is 246 g/mol. The molecule has 17 heavy (non-hydrogen) atoms. The molecule has 0 aromatic rings. The Labute approximate surface area is 97.9 Å². The fourth-order valence-electron chi connectivity index (χ4n) is 1.46. The molecule has 0 aromatic carbocycles. The first-order chi connectivity index (χ1) is 8.02. The Balaban J connectivity index is 2.65. The van der Waals surface area contributed by atoms with E-state index in [1.54, 1.807) is 0 Å². The molecule has 0 spiro atoms. The Bertz CT molecular complexity index is 310. The van der Waals surface area contributed by atoms with Crippen LogP contribution in [-0.4, -0.2) is 65.7 Å². The summed E-state index contributed by atoms with van der Waals surface area (Å²) in [5.74, 6) is 1.19. The van der Waals surface area contributed by atoms with Crippen LogP contribution >= 0.6 is 0 Å². The van der Waals surface area contributed by atoms with Gasteiger partial charge in [0, 0.05) is 0 Å². The van der Waals surface area contributed by atoms with Crippen LogP contribution in [0.1, 0.15) is 0 Å². The second-order valence-electron chi connectivity index (χ2n) is 3.43. The molecule has 7 nitrogen and oxygen atoms in total. The van der Waals surface area contributed by atoms with Gasteiger partial charge in [-0.2, -0.15) is 0 Å². The fourth-order valence-corrected chi connectivity index (χ4v) is 1.46. The lowest BCUT2D eigenvalue weighted by Gasteiger charge is -2.18. The zero-order valence-corrected chi connectivity index (χ0v) is 9.15. The van der Waals surface area contributed by atoms with Gasteiger partial charge in [-0.25, -0.2) is 4.79 Å². The summed E-state index contributed by atoms with van der Waals surface area (Å²) in [6, 6.07) is 0. The molecule has 0 saturated carbocycles. The third-order valence-corrected chi connectivity index (χ3v) is 2.34. The zero-order valence-electron chi connectivity index (χ0n) is 9.15. The topological polar surface area (TPSA) is 105 Å². The minimum Gasteiger partial charge on any atom is -0.467 e. The van der Waals surface area contributed by atoms with Crippen LogP contribution in [0, 0.1) is 12.3 Å². The number of aliphatic hydroxyl groups is 3. The first kappa shape index (κ1) is 13.9. The Morgan fingerprint density at radius 1 is 1.53 bits per heavy atom. The number of carbonyl (C=O) groups excluding carboxylic acids is 1. The molecule has 1 aliphatic rings. The first-order valence-electron chi connectivity index (χ1n) is 4.85. The van der Waals surface area contributed by atoms with E-state index in [4.69, 9.17) is 15.9 Å². The molecule has 96 valence electrons. The lowest BCUT2D eigenvalue weighted by molar-refractivity contribution is -0.183. The minimum atomic E-state index is -1.70. The molecule has 1 heterocycles. The number of esters is 1. The second-order valence-corrected chi connectivity index (χ2v) is 3.43. The summed E-state index contributed by atoms with van der Waals surface area (Å²) in [5, 5.41) is 28.6. The summed E-state index contributed by atoms with van der Waals surface area (Å²) < 4.78 is 14.2. The molecule has 5 atom stereocenters. The number of hydrogen-bond donors (Lipinski definition) is 3. The summed E-state index contributed by atoms with van der Waals surface area (Å²) in [5.41, 5.74) is 0. The van der Waals surface area contributed by atoms with E-state index in [2.05, 4.69) is 10.7 Å². The average molecular weight is 246 g/mol. The Hall–Kier alpha value is -1.17. The van der Waals surface area contributed by atoms with Crippen molar-refractivity contribution >= 4 is 5.97 Å². The normalized spacial score (nSPS) is 34.1. The molecule has 0 bridgehead atoms. The first-order valence-corrected chi connectivity index (χ1v) is 4.85. The molecule has 3 N–H and O–H groups in total. The van der Waals surface area contributed by atoms with Crippen molar-refractivity contribution in [2.24, 2.45) is 0 Å². The fraction of sp³-hybridized carbons (Fsp3) is 0.700. The highest BCUT2D eigenvalue weighted by molar-refractivity contribution is 5.75. The molecule has 0 aromatic heterocycles. The van der Waals surface area contributed by atoms with Crippen molar-refractivity contribution < 1.29 is 34.3 Å². The predicted octanol–water partition coefficient (Wildman–Crippen LogP) is -2.38. The van der Waals surface area contributed by atoms with Gasteiger partial charge in [0.2, 0.25) is 0 Å². The molecule has 7 heteroatoms. The number of aliphatic hydroxyl groups excluding tert-OH is 3. The molecule has 1 rings (SSSR count). The minimum absolute atomic E-state index is 0.129. The van der Waals surface area contributed by atoms with E-state index in [1.165, 1.54) is 0 Å². The number of carbonyl (C=O) groups is 1. The second kappa shape index (κ2) is 5.95. The summed E-state index contributed by atoms with van der Waals surface area (Å²) in [6.07, 6.45) is -2.12. The van der Waals surface area contributed by atoms with Crippen LogP contribution in [-0.2, 0) is 19.0 Å². The highest BCUT2D eigenvalue weighted by atomic mass is 16.7. The van der Waals surface area contributed by atoms with Gasteiger partial charge in [0.1, 0.15) is 24.9 Å². The number of ether oxygens (including phenoxy) is 3. The molecule has 0 amide bonds. The maximum Gasteiger partial charge on any atom is 0.337 e. The molecular weight excluding hydrogens is 232 g/mol. The van der Waals surface area contributed by atoms with Gasteiger partial charge in [0.05, 0.1) is 7.11 Å². The maximum atomic E-state index is 11.1. The van der Waals surface area contributed by atoms with Crippen molar-refractivity contribution in [1.82, 2.24) is 0 Å². The van der Waals surface area contributed by atoms with Crippen molar-refractivity contribution in [3.05, 3.63) is 0 Å². The number of hydrogen-bond acceptors (Lipinski definition) is 7. The van der Waals surface area contributed by atoms with Gasteiger partial charge >= 0.3 is 5.97 Å². The average Bonchev–Trinajstić information content (AvgIpc) is 2.62. The van der Waals surface area contributed by atoms with Crippen LogP contribution in [0.2, 0.25) is 0 Å². The molecule has 0 radical (unpaired) electrons. The smallest absolute Gasteiger partial charge is 0.337 e. The molecule has 0 aliphatic carbocycles. The molecule has 1 saturated heterocycles. The van der Waals surface area contributed by atoms with Crippen molar-refractivity contribution in [2.75, 3.05) is 13.7 Å². The van der Waals surface area contributed by atoms with Gasteiger partial charge in [0.25, 0.3) is 0 Å². The van der Waals surface area contributed by atoms with Gasteiger partial charge in [0.15, 0.2) is 12.4 Å². The van der Waals surface area contributed by atoms with Crippen molar-refractivity contribution in [3.63, 3.8) is 0 Å². The third kappa shape index (κ3) is 2.94. The van der Waals surface area contributed by atoms with Gasteiger partial charge in [-0.15, -0.1) is 6.42 Å². The van der Waals surface area contributed by atoms with Gasteiger partial charge in [-0.3, -0.25) is 0 Å². The van der Waals surface area contributed by atoms with E-state index in [1.807, 2.05) is 0 Å². The predicted molar refractivity (Wildman–Crippen MR) is 53.5 cm³/mol. The quantitative estimate of drug-likeness (QED) is 0.375. The van der Waals surface area contributed by atoms with Crippen LogP contribution in [0.3, 0.4) is 0 Å². The largest absolute Gasteiger partial charge is 0.467 e. The number of terminal acetylenes is 1. The highest BCUT2D eigenvalue weighted by Crippen LogP contribution is 2.24. The molecule has 1 aliphatic heterocycles. The van der Waals surface area contributed by atoms with E-state index in [-0.39, 0.29) is 6.61 Å². The molecule has 1 unspecified atom stereocenters. The lowest BCUT2D eigenvalue weighted by atomic mass is 10.1. The van der Waals surface area contributed by atoms with E-state index >= 15 is 0 Å². The molecular formula is C10H14O7. The summed E-state index contributed by atoms with van der Waals surface area (Å²) in [6.45, 7) is -0.129. The maximum absolute atomic E-state index is 11.1. The standard InChI is InChI=1S/C10H14O7/c1-3-4-16-10-6(12)5(11)8(17-10)7(13)9(14)15-2/h1,5-8,10-13H,4H2,2H3/t5-,6-,7?,8-,10-/m1/s1. The van der Waals surface area contributed by atoms with Crippen LogP contribution in [0.4, 0.5) is 0 Å². The highest BCUT2D eigenvalue weighted by Gasteiger charge is 2.48. The van der Waals surface area contributed by atoms with Crippen molar-refractivity contribution in [2.45, 2.75) is 30.7 Å². The van der Waals surface area contributed by atoms with Crippen molar-refractivity contribution in [1.29, 1.82) is 0 Å². The van der Waals surface area contributed by atoms with Crippen molar-refractivity contribution in [3.8, 4) is 12.3 Å². The Kier molecular flexibility index (Phi) is 4.86. The Morgan fingerprint density at radius 3 is 2.71 bits per heavy atom. The van der Waals surface area contributed by atoms with E-state index in [9.17, 15) is 20.1 Å². The van der Waals surface area contributed by atoms with Crippen LogP contribution < -0.4 is 0 Å². The zero-order chi connectivity index (χ0) is 13.0. The number of methoxy groups -OCH3 is 1. The Morgan fingerprint density at radius 2 is 2.18 bits per heavy atom. The van der Waals surface area contributed by atoms with E-state index in [0.717, 1.165) is 7.11 Å². The molecule has 1 fully saturated rings. The lowest BCUT2D eigenvalue weighted by Crippen LogP contribution is -2.43. The summed E-state index contributed by atoms with van der Waals surface area (Å²) in [4.78, 5) is 11.1. The van der Waals surface area contributed by atoms with E-state index < -0.39 is 36.7 Å². The summed E-state index contributed by atoms with van der Waals surface area (Å²) in [7, 11) is 1.08. The summed E-state index contributed by atoms with van der Waals surface area (Å²) >= 11 is 0.